The van der Waals surface area contributed by atoms with Crippen LogP contribution >= 0.6 is 11.5 Å². The summed E-state index contributed by atoms with van der Waals surface area (Å²) in [4.78, 5) is 27.5. The van der Waals surface area contributed by atoms with E-state index in [4.69, 9.17) is 0 Å². The maximum absolute atomic E-state index is 12.0. The average molecular weight is 298 g/mol. The Bertz CT molecular complexity index is 495. The number of carboxylic acid groups (broad SMARTS) is 1. The van der Waals surface area contributed by atoms with E-state index in [0.717, 1.165) is 37.2 Å². The van der Waals surface area contributed by atoms with Gasteiger partial charge in [-0.3, -0.25) is 5.32 Å². The predicted octanol–water partition coefficient (Wildman–Crippen LogP) is 2.15. The van der Waals surface area contributed by atoms with E-state index in [1.165, 1.54) is 0 Å². The highest BCUT2D eigenvalue weighted by Crippen LogP contribution is 2.27. The molecule has 1 fully saturated rings. The molecule has 1 aliphatic rings. The van der Waals surface area contributed by atoms with Crippen LogP contribution in [0.1, 0.15) is 44.3 Å². The van der Waals surface area contributed by atoms with E-state index >= 15 is 0 Å². The van der Waals surface area contributed by atoms with Crippen molar-refractivity contribution >= 4 is 28.7 Å². The number of carboxylic acids is 1. The molecule has 1 aliphatic carbocycles. The summed E-state index contributed by atoms with van der Waals surface area (Å²) in [7, 11) is 0. The van der Waals surface area contributed by atoms with Gasteiger partial charge in [-0.15, -0.1) is 0 Å². The normalized spacial score (nSPS) is 18.1. The van der Waals surface area contributed by atoms with Gasteiger partial charge in [0.2, 0.25) is 5.13 Å². The lowest BCUT2D eigenvalue weighted by molar-refractivity contribution is -0.145. The number of amides is 2. The van der Waals surface area contributed by atoms with Crippen LogP contribution in [0.25, 0.3) is 0 Å². The number of carbonyl (C=O) groups is 2. The highest BCUT2D eigenvalue weighted by Gasteiger charge is 2.40. The molecule has 0 bridgehead atoms. The van der Waals surface area contributed by atoms with Crippen molar-refractivity contribution in [2.24, 2.45) is 0 Å². The maximum Gasteiger partial charge on any atom is 0.329 e. The second kappa shape index (κ2) is 6.17. The molecule has 110 valence electrons. The fraction of sp³-hybridized carbons (Fsp3) is 0.667. The van der Waals surface area contributed by atoms with E-state index in [-0.39, 0.29) is 0 Å². The van der Waals surface area contributed by atoms with Gasteiger partial charge in [0.1, 0.15) is 11.4 Å². The number of aliphatic carboxylic acids is 1. The standard InChI is InChI=1S/C12H18N4O3S/c1-8-13-11(20-16-8)14-10(19)15-12(9(17)18)6-4-2-3-5-7-12/h2-7H2,1H3,(H,17,18)(H2,13,14,15,16,19). The molecule has 3 N–H and O–H groups in total. The van der Waals surface area contributed by atoms with Crippen LogP contribution in [0.2, 0.25) is 0 Å². The van der Waals surface area contributed by atoms with Crippen LogP contribution in [0.3, 0.4) is 0 Å². The first-order valence-corrected chi connectivity index (χ1v) is 7.42. The summed E-state index contributed by atoms with van der Waals surface area (Å²) >= 11 is 1.07. The Morgan fingerprint density at radius 1 is 1.25 bits per heavy atom. The molecule has 0 unspecified atom stereocenters. The molecule has 0 radical (unpaired) electrons. The zero-order chi connectivity index (χ0) is 14.6. The van der Waals surface area contributed by atoms with Crippen molar-refractivity contribution in [3.05, 3.63) is 5.82 Å². The van der Waals surface area contributed by atoms with Gasteiger partial charge in [0.05, 0.1) is 0 Å². The Morgan fingerprint density at radius 3 is 2.40 bits per heavy atom. The van der Waals surface area contributed by atoms with E-state index in [0.29, 0.717) is 23.8 Å². The lowest BCUT2D eigenvalue weighted by Crippen LogP contribution is -2.55. The Balaban J connectivity index is 2.03. The van der Waals surface area contributed by atoms with Gasteiger partial charge in [-0.2, -0.15) is 4.37 Å². The molecular weight excluding hydrogens is 280 g/mol. The van der Waals surface area contributed by atoms with E-state index < -0.39 is 17.5 Å². The van der Waals surface area contributed by atoms with Gasteiger partial charge in [0.25, 0.3) is 0 Å². The Morgan fingerprint density at radius 2 is 1.90 bits per heavy atom. The van der Waals surface area contributed by atoms with E-state index in [2.05, 4.69) is 20.0 Å². The minimum absolute atomic E-state index is 0.370. The second-order valence-corrected chi connectivity index (χ2v) is 5.78. The number of nitrogens with one attached hydrogen (secondary N) is 2. The van der Waals surface area contributed by atoms with Crippen LogP contribution < -0.4 is 10.6 Å². The summed E-state index contributed by atoms with van der Waals surface area (Å²) in [5.41, 5.74) is -1.17. The summed E-state index contributed by atoms with van der Waals surface area (Å²) in [6, 6.07) is -0.537. The molecule has 0 atom stereocenters. The molecule has 2 rings (SSSR count). The highest BCUT2D eigenvalue weighted by atomic mass is 32.1. The Kier molecular flexibility index (Phi) is 4.53. The molecule has 0 spiro atoms. The smallest absolute Gasteiger partial charge is 0.329 e. The molecule has 1 aromatic rings. The third-order valence-corrected chi connectivity index (χ3v) is 4.19. The zero-order valence-corrected chi connectivity index (χ0v) is 12.1. The summed E-state index contributed by atoms with van der Waals surface area (Å²) in [5.74, 6) is -0.393. The molecule has 1 saturated carbocycles. The molecule has 8 heteroatoms. The third kappa shape index (κ3) is 3.44. The first-order chi connectivity index (χ1) is 9.52. The average Bonchev–Trinajstić information content (AvgIpc) is 2.64. The number of carbonyl (C=O) groups excluding carboxylic acids is 1. The van der Waals surface area contributed by atoms with E-state index in [9.17, 15) is 14.7 Å². The molecule has 20 heavy (non-hydrogen) atoms. The zero-order valence-electron chi connectivity index (χ0n) is 11.3. The van der Waals surface area contributed by atoms with Crippen molar-refractivity contribution in [3.63, 3.8) is 0 Å². The predicted molar refractivity (Wildman–Crippen MR) is 74.9 cm³/mol. The van der Waals surface area contributed by atoms with Gasteiger partial charge in [-0.25, -0.2) is 14.6 Å². The van der Waals surface area contributed by atoms with Gasteiger partial charge < -0.3 is 10.4 Å². The number of nitrogens with zero attached hydrogens (tertiary/aromatic N) is 2. The minimum Gasteiger partial charge on any atom is -0.480 e. The van der Waals surface area contributed by atoms with Gasteiger partial charge in [-0.1, -0.05) is 25.7 Å². The first-order valence-electron chi connectivity index (χ1n) is 6.65. The number of hydrogen-bond acceptors (Lipinski definition) is 5. The van der Waals surface area contributed by atoms with Crippen LogP contribution in [0.15, 0.2) is 0 Å². The summed E-state index contributed by atoms with van der Waals surface area (Å²) < 4.78 is 3.96. The molecule has 0 saturated heterocycles. The first kappa shape index (κ1) is 14.7. The molecule has 1 aromatic heterocycles. The van der Waals surface area contributed by atoms with Gasteiger partial charge in [0.15, 0.2) is 0 Å². The topological polar surface area (TPSA) is 104 Å². The van der Waals surface area contributed by atoms with Crippen molar-refractivity contribution in [1.82, 2.24) is 14.7 Å². The Hall–Kier alpha value is -1.70. The fourth-order valence-corrected chi connectivity index (χ4v) is 2.99. The van der Waals surface area contributed by atoms with Crippen molar-refractivity contribution in [2.45, 2.75) is 51.0 Å². The highest BCUT2D eigenvalue weighted by molar-refractivity contribution is 7.09. The number of anilines is 1. The molecule has 0 aromatic carbocycles. The lowest BCUT2D eigenvalue weighted by Gasteiger charge is -2.29. The number of aromatic nitrogens is 2. The van der Waals surface area contributed by atoms with Crippen LogP contribution in [0.5, 0.6) is 0 Å². The molecule has 1 heterocycles. The van der Waals surface area contributed by atoms with E-state index in [1.807, 2.05) is 0 Å². The van der Waals surface area contributed by atoms with Crippen LogP contribution in [0.4, 0.5) is 9.93 Å². The van der Waals surface area contributed by atoms with Crippen molar-refractivity contribution < 1.29 is 14.7 Å². The fourth-order valence-electron chi connectivity index (χ4n) is 2.42. The SMILES string of the molecule is Cc1nsc(NC(=O)NC2(C(=O)O)CCCCCC2)n1. The van der Waals surface area contributed by atoms with Crippen molar-refractivity contribution in [2.75, 3.05) is 5.32 Å². The number of aryl methyl sites for hydroxylation is 1. The quantitative estimate of drug-likeness (QED) is 0.742. The number of urea groups is 1. The lowest BCUT2D eigenvalue weighted by atomic mass is 9.90. The summed E-state index contributed by atoms with van der Waals surface area (Å²) in [5, 5.41) is 15.0. The minimum atomic E-state index is -1.17. The van der Waals surface area contributed by atoms with Crippen molar-refractivity contribution in [1.29, 1.82) is 0 Å². The third-order valence-electron chi connectivity index (χ3n) is 3.47. The molecular formula is C12H18N4O3S. The largest absolute Gasteiger partial charge is 0.480 e. The summed E-state index contributed by atoms with van der Waals surface area (Å²) in [6.45, 7) is 1.73. The van der Waals surface area contributed by atoms with Gasteiger partial charge in [0, 0.05) is 11.5 Å². The molecule has 2 amide bonds. The molecule has 0 aliphatic heterocycles. The van der Waals surface area contributed by atoms with Crippen LogP contribution in [0, 0.1) is 6.92 Å². The molecule has 7 nitrogen and oxygen atoms in total. The maximum atomic E-state index is 12.0. The second-order valence-electron chi connectivity index (χ2n) is 5.03. The van der Waals surface area contributed by atoms with Crippen molar-refractivity contribution in [3.8, 4) is 0 Å². The van der Waals surface area contributed by atoms with Crippen LogP contribution in [-0.4, -0.2) is 32.0 Å². The van der Waals surface area contributed by atoms with Gasteiger partial charge >= 0.3 is 12.0 Å². The monoisotopic (exact) mass is 298 g/mol. The number of hydrogen-bond donors (Lipinski definition) is 3. The Labute approximate surface area is 121 Å². The summed E-state index contributed by atoms with van der Waals surface area (Å²) in [6.07, 6.45) is 4.56. The number of rotatable bonds is 3. The van der Waals surface area contributed by atoms with E-state index in [1.54, 1.807) is 6.92 Å². The van der Waals surface area contributed by atoms with Crippen LogP contribution in [-0.2, 0) is 4.79 Å². The van der Waals surface area contributed by atoms with Gasteiger partial charge in [-0.05, 0) is 19.8 Å².